The highest BCUT2D eigenvalue weighted by atomic mass is 32.1. The normalized spacial score (nSPS) is 10.7. The van der Waals surface area contributed by atoms with Crippen LogP contribution in [0.5, 0.6) is 5.75 Å². The minimum Gasteiger partial charge on any atom is -0.488 e. The summed E-state index contributed by atoms with van der Waals surface area (Å²) >= 11 is 1.31. The topological polar surface area (TPSA) is 106 Å². The van der Waals surface area contributed by atoms with Gasteiger partial charge in [-0.15, -0.1) is 11.3 Å². The molecule has 3 heterocycles. The van der Waals surface area contributed by atoms with Crippen LogP contribution in [0.15, 0.2) is 58.6 Å². The maximum absolute atomic E-state index is 12.9. The third-order valence-corrected chi connectivity index (χ3v) is 5.74. The minimum atomic E-state index is -0.253. The molecule has 0 bridgehead atoms. The van der Waals surface area contributed by atoms with Crippen molar-refractivity contribution in [3.8, 4) is 17.2 Å². The molecule has 2 amide bonds. The van der Waals surface area contributed by atoms with Crippen LogP contribution >= 0.6 is 11.3 Å². The molecule has 0 aliphatic rings. The fourth-order valence-corrected chi connectivity index (χ4v) is 4.08. The molecule has 8 nitrogen and oxygen atoms in total. The number of ether oxygens (including phenoxy) is 1. The fourth-order valence-electron chi connectivity index (χ4n) is 3.38. The van der Waals surface area contributed by atoms with Crippen molar-refractivity contribution in [3.05, 3.63) is 82.2 Å². The van der Waals surface area contributed by atoms with E-state index in [4.69, 9.17) is 9.15 Å². The lowest BCUT2D eigenvalue weighted by Crippen LogP contribution is -2.18. The Morgan fingerprint density at radius 1 is 1.15 bits per heavy atom. The molecule has 0 fully saturated rings. The van der Waals surface area contributed by atoms with Crippen LogP contribution in [0.2, 0.25) is 0 Å². The summed E-state index contributed by atoms with van der Waals surface area (Å²) < 4.78 is 11.7. The number of rotatable bonds is 8. The SMILES string of the molecule is CC(=O)NCc1ccc(-c2csc(NC(=O)c3cc(C)c(OCc4cccnc4)c(C)c3)n2)o1. The first kappa shape index (κ1) is 23.2. The van der Waals surface area contributed by atoms with E-state index in [2.05, 4.69) is 20.6 Å². The van der Waals surface area contributed by atoms with Crippen LogP contribution in [0.1, 0.15) is 39.7 Å². The lowest BCUT2D eigenvalue weighted by atomic mass is 10.1. The molecule has 4 rings (SSSR count). The van der Waals surface area contributed by atoms with Crippen LogP contribution in [-0.2, 0) is 17.9 Å². The third-order valence-electron chi connectivity index (χ3n) is 4.98. The molecule has 174 valence electrons. The van der Waals surface area contributed by atoms with Crippen LogP contribution in [0, 0.1) is 13.8 Å². The van der Waals surface area contributed by atoms with E-state index in [9.17, 15) is 9.59 Å². The summed E-state index contributed by atoms with van der Waals surface area (Å²) in [6, 6.07) is 11.0. The number of aryl methyl sites for hydroxylation is 2. The maximum atomic E-state index is 12.9. The van der Waals surface area contributed by atoms with Crippen molar-refractivity contribution in [3.63, 3.8) is 0 Å². The Bertz CT molecular complexity index is 1290. The van der Waals surface area contributed by atoms with E-state index in [0.717, 1.165) is 22.4 Å². The maximum Gasteiger partial charge on any atom is 0.257 e. The number of carbonyl (C=O) groups excluding carboxylic acids is 2. The second kappa shape index (κ2) is 10.3. The number of furan rings is 1. The van der Waals surface area contributed by atoms with E-state index in [1.807, 2.05) is 31.4 Å². The number of hydrogen-bond donors (Lipinski definition) is 2. The van der Waals surface area contributed by atoms with E-state index >= 15 is 0 Å². The summed E-state index contributed by atoms with van der Waals surface area (Å²) in [7, 11) is 0. The molecule has 0 atom stereocenters. The second-order valence-corrected chi connectivity index (χ2v) is 8.61. The molecule has 9 heteroatoms. The molecular formula is C25H24N4O4S. The molecule has 4 aromatic rings. The van der Waals surface area contributed by atoms with Gasteiger partial charge in [-0.2, -0.15) is 0 Å². The zero-order valence-electron chi connectivity index (χ0n) is 19.0. The molecule has 2 N–H and O–H groups in total. The third kappa shape index (κ3) is 5.68. The number of thiazole rings is 1. The van der Waals surface area contributed by atoms with E-state index in [-0.39, 0.29) is 11.8 Å². The molecule has 0 spiro atoms. The number of anilines is 1. The number of carbonyl (C=O) groups is 2. The van der Waals surface area contributed by atoms with Gasteiger partial charge in [0, 0.05) is 35.8 Å². The van der Waals surface area contributed by atoms with E-state index < -0.39 is 0 Å². The predicted octanol–water partition coefficient (Wildman–Crippen LogP) is 4.88. The van der Waals surface area contributed by atoms with Gasteiger partial charge in [-0.3, -0.25) is 19.9 Å². The summed E-state index contributed by atoms with van der Waals surface area (Å²) in [4.78, 5) is 32.5. The number of nitrogens with one attached hydrogen (secondary N) is 2. The number of amides is 2. The molecule has 3 aromatic heterocycles. The van der Waals surface area contributed by atoms with Gasteiger partial charge in [0.05, 0.1) is 6.54 Å². The molecule has 0 radical (unpaired) electrons. The zero-order chi connectivity index (χ0) is 24.1. The summed E-state index contributed by atoms with van der Waals surface area (Å²) in [5, 5.41) is 7.81. The van der Waals surface area contributed by atoms with E-state index in [1.54, 1.807) is 36.7 Å². The molecule has 1 aromatic carbocycles. The molecule has 0 saturated heterocycles. The Kier molecular flexibility index (Phi) is 7.03. The zero-order valence-corrected chi connectivity index (χ0v) is 19.9. The molecule has 0 aliphatic carbocycles. The van der Waals surface area contributed by atoms with Crippen molar-refractivity contribution in [2.45, 2.75) is 33.9 Å². The van der Waals surface area contributed by atoms with Gasteiger partial charge in [0.1, 0.15) is 23.8 Å². The van der Waals surface area contributed by atoms with Crippen LogP contribution in [0.25, 0.3) is 11.5 Å². The van der Waals surface area contributed by atoms with E-state index in [0.29, 0.717) is 41.1 Å². The van der Waals surface area contributed by atoms with Crippen molar-refractivity contribution >= 4 is 28.3 Å². The number of benzene rings is 1. The van der Waals surface area contributed by atoms with Gasteiger partial charge in [0.2, 0.25) is 5.91 Å². The molecule has 0 unspecified atom stereocenters. The first-order chi connectivity index (χ1) is 16.4. The largest absolute Gasteiger partial charge is 0.488 e. The summed E-state index contributed by atoms with van der Waals surface area (Å²) in [6.07, 6.45) is 3.49. The first-order valence-corrected chi connectivity index (χ1v) is 11.5. The van der Waals surface area contributed by atoms with Crippen molar-refractivity contribution in [2.24, 2.45) is 0 Å². The fraction of sp³-hybridized carbons (Fsp3) is 0.200. The Labute approximate surface area is 201 Å². The van der Waals surface area contributed by atoms with Gasteiger partial charge in [-0.1, -0.05) is 6.07 Å². The molecular weight excluding hydrogens is 452 g/mol. The van der Waals surface area contributed by atoms with Crippen LogP contribution in [0.4, 0.5) is 5.13 Å². The van der Waals surface area contributed by atoms with Gasteiger partial charge in [-0.25, -0.2) is 4.98 Å². The smallest absolute Gasteiger partial charge is 0.257 e. The highest BCUT2D eigenvalue weighted by Gasteiger charge is 2.15. The molecule has 0 saturated carbocycles. The van der Waals surface area contributed by atoms with E-state index in [1.165, 1.54) is 18.3 Å². The van der Waals surface area contributed by atoms with Crippen LogP contribution < -0.4 is 15.4 Å². The quantitative estimate of drug-likeness (QED) is 0.375. The number of hydrogen-bond acceptors (Lipinski definition) is 7. The highest BCUT2D eigenvalue weighted by Crippen LogP contribution is 2.29. The second-order valence-electron chi connectivity index (χ2n) is 7.76. The summed E-state index contributed by atoms with van der Waals surface area (Å²) in [5.41, 5.74) is 3.85. The van der Waals surface area contributed by atoms with Crippen molar-refractivity contribution < 1.29 is 18.7 Å². The van der Waals surface area contributed by atoms with Crippen LogP contribution in [-0.4, -0.2) is 21.8 Å². The average molecular weight is 477 g/mol. The number of nitrogens with zero attached hydrogens (tertiary/aromatic N) is 2. The predicted molar refractivity (Wildman–Crippen MR) is 130 cm³/mol. The number of aromatic nitrogens is 2. The highest BCUT2D eigenvalue weighted by molar-refractivity contribution is 7.14. The summed E-state index contributed by atoms with van der Waals surface area (Å²) in [5.74, 6) is 1.57. The van der Waals surface area contributed by atoms with Gasteiger partial charge < -0.3 is 14.5 Å². The lowest BCUT2D eigenvalue weighted by molar-refractivity contribution is -0.119. The van der Waals surface area contributed by atoms with Crippen LogP contribution in [0.3, 0.4) is 0 Å². The monoisotopic (exact) mass is 476 g/mol. The standard InChI is InChI=1S/C25H24N4O4S/c1-15-9-19(10-16(2)23(15)32-13-18-5-4-8-26-11-18)24(31)29-25-28-21(14-34-25)22-7-6-20(33-22)12-27-17(3)30/h4-11,14H,12-13H2,1-3H3,(H,27,30)(H,28,29,31). The van der Waals surface area contributed by atoms with Crippen molar-refractivity contribution in [1.82, 2.24) is 15.3 Å². The Morgan fingerprint density at radius 3 is 2.65 bits per heavy atom. The Hall–Kier alpha value is -3.98. The van der Waals surface area contributed by atoms with Crippen molar-refractivity contribution in [2.75, 3.05) is 5.32 Å². The Morgan fingerprint density at radius 2 is 1.94 bits per heavy atom. The summed E-state index contributed by atoms with van der Waals surface area (Å²) in [6.45, 7) is 6.00. The van der Waals surface area contributed by atoms with Crippen molar-refractivity contribution in [1.29, 1.82) is 0 Å². The van der Waals surface area contributed by atoms with Gasteiger partial charge >= 0.3 is 0 Å². The lowest BCUT2D eigenvalue weighted by Gasteiger charge is -2.14. The van der Waals surface area contributed by atoms with Gasteiger partial charge in [-0.05, 0) is 55.3 Å². The average Bonchev–Trinajstić information content (AvgIpc) is 3.47. The first-order valence-electron chi connectivity index (χ1n) is 10.6. The minimum absolute atomic E-state index is 0.129. The Balaban J connectivity index is 1.41. The molecule has 0 aliphatic heterocycles. The van der Waals surface area contributed by atoms with Gasteiger partial charge in [0.25, 0.3) is 5.91 Å². The number of pyridine rings is 1. The van der Waals surface area contributed by atoms with Gasteiger partial charge in [0.15, 0.2) is 10.9 Å². The molecule has 34 heavy (non-hydrogen) atoms.